The molecule has 0 aliphatic rings. The summed E-state index contributed by atoms with van der Waals surface area (Å²) in [7, 11) is 3.41. The van der Waals surface area contributed by atoms with Gasteiger partial charge in [0.15, 0.2) is 0 Å². The van der Waals surface area contributed by atoms with Crippen LogP contribution in [0.2, 0.25) is 0 Å². The van der Waals surface area contributed by atoms with Crippen LogP contribution in [0.3, 0.4) is 0 Å². The molecule has 1 heterocycles. The average Bonchev–Trinajstić information content (AvgIpc) is 2.60. The lowest BCUT2D eigenvalue weighted by atomic mass is 10.1. The minimum Gasteiger partial charge on any atom is -0.481 e. The van der Waals surface area contributed by atoms with Crippen LogP contribution in [0.1, 0.15) is 32.0 Å². The Balaban J connectivity index is 2.77. The van der Waals surface area contributed by atoms with Gasteiger partial charge in [0.05, 0.1) is 12.8 Å². The first-order valence-corrected chi connectivity index (χ1v) is 6.94. The Morgan fingerprint density at radius 1 is 1.48 bits per heavy atom. The van der Waals surface area contributed by atoms with E-state index in [1.165, 1.54) is 0 Å². The standard InChI is InChI=1S/C14H26N4O3/c1-9-11(12(20-6)18(5)17-9)7-10(8-15)16-13(19)21-14(2,3)4/h10H,7-8,15H2,1-6H3,(H,16,19). The van der Waals surface area contributed by atoms with E-state index in [1.54, 1.807) is 11.8 Å². The van der Waals surface area contributed by atoms with Crippen LogP contribution in [0.25, 0.3) is 0 Å². The molecule has 1 aromatic heterocycles. The number of alkyl carbamates (subject to hydrolysis) is 1. The molecule has 1 amide bonds. The van der Waals surface area contributed by atoms with Crippen LogP contribution >= 0.6 is 0 Å². The van der Waals surface area contributed by atoms with Crippen molar-refractivity contribution in [2.24, 2.45) is 12.8 Å². The molecule has 7 nitrogen and oxygen atoms in total. The quantitative estimate of drug-likeness (QED) is 0.850. The summed E-state index contributed by atoms with van der Waals surface area (Å²) in [5, 5.41) is 7.10. The summed E-state index contributed by atoms with van der Waals surface area (Å²) in [5.41, 5.74) is 7.00. The van der Waals surface area contributed by atoms with E-state index in [-0.39, 0.29) is 6.04 Å². The first-order valence-electron chi connectivity index (χ1n) is 6.94. The summed E-state index contributed by atoms with van der Waals surface area (Å²) < 4.78 is 12.3. The maximum atomic E-state index is 11.8. The number of hydrogen-bond acceptors (Lipinski definition) is 5. The van der Waals surface area contributed by atoms with Crippen molar-refractivity contribution < 1.29 is 14.3 Å². The number of rotatable bonds is 5. The molecule has 3 N–H and O–H groups in total. The van der Waals surface area contributed by atoms with Gasteiger partial charge in [-0.25, -0.2) is 9.48 Å². The molecule has 7 heteroatoms. The van der Waals surface area contributed by atoms with E-state index in [9.17, 15) is 4.79 Å². The van der Waals surface area contributed by atoms with Gasteiger partial charge in [-0.3, -0.25) is 0 Å². The lowest BCUT2D eigenvalue weighted by Crippen LogP contribution is -2.44. The Morgan fingerprint density at radius 3 is 2.57 bits per heavy atom. The van der Waals surface area contributed by atoms with Crippen molar-refractivity contribution in [2.75, 3.05) is 13.7 Å². The third-order valence-electron chi connectivity index (χ3n) is 2.94. The van der Waals surface area contributed by atoms with E-state index >= 15 is 0 Å². The van der Waals surface area contributed by atoms with Crippen molar-refractivity contribution in [3.63, 3.8) is 0 Å². The molecule has 1 rings (SSSR count). The predicted octanol–water partition coefficient (Wildman–Crippen LogP) is 1.13. The molecular formula is C14H26N4O3. The summed E-state index contributed by atoms with van der Waals surface area (Å²) in [6.07, 6.45) is 0.0666. The van der Waals surface area contributed by atoms with Gasteiger partial charge in [0, 0.05) is 31.6 Å². The largest absolute Gasteiger partial charge is 0.481 e. The van der Waals surface area contributed by atoms with E-state index in [4.69, 9.17) is 15.2 Å². The van der Waals surface area contributed by atoms with Crippen LogP contribution < -0.4 is 15.8 Å². The van der Waals surface area contributed by atoms with Crippen LogP contribution in [-0.2, 0) is 18.2 Å². The summed E-state index contributed by atoms with van der Waals surface area (Å²) in [6, 6.07) is -0.239. The van der Waals surface area contributed by atoms with Crippen molar-refractivity contribution in [2.45, 2.75) is 45.8 Å². The summed E-state index contributed by atoms with van der Waals surface area (Å²) in [5.74, 6) is 0.678. The minimum absolute atomic E-state index is 0.239. The maximum absolute atomic E-state index is 11.8. The van der Waals surface area contributed by atoms with Crippen molar-refractivity contribution in [3.8, 4) is 5.88 Å². The van der Waals surface area contributed by atoms with Gasteiger partial charge in [0.2, 0.25) is 5.88 Å². The fourth-order valence-electron chi connectivity index (χ4n) is 2.09. The molecule has 0 aromatic carbocycles. The molecule has 120 valence electrons. The molecule has 0 radical (unpaired) electrons. The highest BCUT2D eigenvalue weighted by molar-refractivity contribution is 5.68. The highest BCUT2D eigenvalue weighted by Crippen LogP contribution is 2.22. The number of carbonyl (C=O) groups excluding carboxylic acids is 1. The minimum atomic E-state index is -0.537. The van der Waals surface area contributed by atoms with Crippen molar-refractivity contribution in [3.05, 3.63) is 11.3 Å². The molecule has 0 spiro atoms. The zero-order valence-corrected chi connectivity index (χ0v) is 13.7. The van der Waals surface area contributed by atoms with E-state index in [2.05, 4.69) is 10.4 Å². The van der Waals surface area contributed by atoms with Crippen LogP contribution in [0.5, 0.6) is 5.88 Å². The smallest absolute Gasteiger partial charge is 0.407 e. The van der Waals surface area contributed by atoms with Gasteiger partial charge in [-0.1, -0.05) is 0 Å². The fraction of sp³-hybridized carbons (Fsp3) is 0.714. The highest BCUT2D eigenvalue weighted by Gasteiger charge is 2.22. The Hall–Kier alpha value is -1.76. The van der Waals surface area contributed by atoms with Gasteiger partial charge in [0.1, 0.15) is 5.60 Å². The van der Waals surface area contributed by atoms with E-state index < -0.39 is 11.7 Å². The summed E-state index contributed by atoms with van der Waals surface area (Å²) in [6.45, 7) is 7.66. The van der Waals surface area contributed by atoms with E-state index in [0.29, 0.717) is 18.8 Å². The maximum Gasteiger partial charge on any atom is 0.407 e. The molecular weight excluding hydrogens is 272 g/mol. The third-order valence-corrected chi connectivity index (χ3v) is 2.94. The Kier molecular flexibility index (Phi) is 5.60. The molecule has 1 atom stereocenters. The number of methoxy groups -OCH3 is 1. The van der Waals surface area contributed by atoms with Crippen molar-refractivity contribution >= 4 is 6.09 Å². The third kappa shape index (κ3) is 4.93. The Morgan fingerprint density at radius 2 is 2.10 bits per heavy atom. The molecule has 0 saturated heterocycles. The monoisotopic (exact) mass is 298 g/mol. The number of aromatic nitrogens is 2. The molecule has 1 aromatic rings. The van der Waals surface area contributed by atoms with E-state index in [1.807, 2.05) is 34.7 Å². The van der Waals surface area contributed by atoms with Crippen molar-refractivity contribution in [1.29, 1.82) is 0 Å². The highest BCUT2D eigenvalue weighted by atomic mass is 16.6. The Labute approximate surface area is 125 Å². The summed E-state index contributed by atoms with van der Waals surface area (Å²) in [4.78, 5) is 11.8. The van der Waals surface area contributed by atoms with Gasteiger partial charge in [-0.2, -0.15) is 5.10 Å². The van der Waals surface area contributed by atoms with Gasteiger partial charge < -0.3 is 20.5 Å². The number of carbonyl (C=O) groups is 1. The molecule has 0 bridgehead atoms. The molecule has 0 fully saturated rings. The number of aryl methyl sites for hydroxylation is 2. The molecule has 0 aliphatic carbocycles. The molecule has 0 aliphatic heterocycles. The van der Waals surface area contributed by atoms with Crippen molar-refractivity contribution in [1.82, 2.24) is 15.1 Å². The fourth-order valence-corrected chi connectivity index (χ4v) is 2.09. The Bertz CT molecular complexity index is 491. The zero-order valence-electron chi connectivity index (χ0n) is 13.7. The molecule has 0 saturated carbocycles. The van der Waals surface area contributed by atoms with Gasteiger partial charge in [-0.15, -0.1) is 0 Å². The SMILES string of the molecule is COc1c(CC(CN)NC(=O)OC(C)(C)C)c(C)nn1C. The number of ether oxygens (including phenoxy) is 2. The van der Waals surface area contributed by atoms with Gasteiger partial charge in [0.25, 0.3) is 0 Å². The number of amides is 1. The number of nitrogens with two attached hydrogens (primary N) is 1. The lowest BCUT2D eigenvalue weighted by Gasteiger charge is -2.23. The van der Waals surface area contributed by atoms with Crippen LogP contribution in [0.15, 0.2) is 0 Å². The predicted molar refractivity (Wildman–Crippen MR) is 80.4 cm³/mol. The number of nitrogens with one attached hydrogen (secondary N) is 1. The average molecular weight is 298 g/mol. The van der Waals surface area contributed by atoms with Crippen LogP contribution in [-0.4, -0.2) is 41.2 Å². The number of hydrogen-bond donors (Lipinski definition) is 2. The van der Waals surface area contributed by atoms with Gasteiger partial charge in [-0.05, 0) is 27.7 Å². The van der Waals surface area contributed by atoms with Crippen LogP contribution in [0, 0.1) is 6.92 Å². The normalized spacial score (nSPS) is 12.9. The molecule has 21 heavy (non-hydrogen) atoms. The zero-order chi connectivity index (χ0) is 16.2. The van der Waals surface area contributed by atoms with Gasteiger partial charge >= 0.3 is 6.09 Å². The van der Waals surface area contributed by atoms with Crippen LogP contribution in [0.4, 0.5) is 4.79 Å². The molecule has 1 unspecified atom stereocenters. The first-order chi connectivity index (χ1) is 9.67. The first kappa shape index (κ1) is 17.3. The second-order valence-electron chi connectivity index (χ2n) is 5.98. The topological polar surface area (TPSA) is 91.4 Å². The lowest BCUT2D eigenvalue weighted by molar-refractivity contribution is 0.0505. The van der Waals surface area contributed by atoms with E-state index in [0.717, 1.165) is 11.3 Å². The number of nitrogens with zero attached hydrogens (tertiary/aromatic N) is 2. The second-order valence-corrected chi connectivity index (χ2v) is 5.98. The second kappa shape index (κ2) is 6.80. The summed E-state index contributed by atoms with van der Waals surface area (Å²) >= 11 is 0.